The molecular weight excluding hydrogens is 198 g/mol. The van der Waals surface area contributed by atoms with Gasteiger partial charge in [0.1, 0.15) is 5.82 Å². The molecule has 0 amide bonds. The third-order valence-corrected chi connectivity index (χ3v) is 2.83. The van der Waals surface area contributed by atoms with Crippen molar-refractivity contribution in [3.8, 4) is 0 Å². The first-order valence-corrected chi connectivity index (χ1v) is 6.51. The third-order valence-electron chi connectivity index (χ3n) is 2.83. The first-order chi connectivity index (χ1) is 7.79. The highest BCUT2D eigenvalue weighted by atomic mass is 15.1. The molecule has 0 aliphatic heterocycles. The number of imidazole rings is 1. The lowest BCUT2D eigenvalue weighted by molar-refractivity contribution is 0.537. The molecule has 1 N–H and O–H groups in total. The fraction of sp³-hybridized carbons (Fsp3) is 0.769. The Morgan fingerprint density at radius 3 is 2.81 bits per heavy atom. The van der Waals surface area contributed by atoms with Crippen molar-refractivity contribution in [1.29, 1.82) is 0 Å². The number of nitrogens with zero attached hydrogens (tertiary/aromatic N) is 2. The van der Waals surface area contributed by atoms with Gasteiger partial charge < -0.3 is 9.88 Å². The minimum Gasteiger partial charge on any atom is -0.335 e. The highest BCUT2D eigenvalue weighted by Crippen LogP contribution is 2.16. The predicted molar refractivity (Wildman–Crippen MR) is 68.7 cm³/mol. The van der Waals surface area contributed by atoms with Gasteiger partial charge in [0.25, 0.3) is 0 Å². The summed E-state index contributed by atoms with van der Waals surface area (Å²) in [5, 5.41) is 3.44. The quantitative estimate of drug-likeness (QED) is 0.687. The van der Waals surface area contributed by atoms with Crippen LogP contribution in [0.2, 0.25) is 0 Å². The van der Waals surface area contributed by atoms with Crippen LogP contribution in [-0.2, 0) is 6.54 Å². The molecule has 92 valence electrons. The first-order valence-electron chi connectivity index (χ1n) is 6.51. The molecule has 0 aliphatic rings. The number of rotatable bonds is 8. The molecule has 1 unspecified atom stereocenters. The second-order valence-corrected chi connectivity index (χ2v) is 4.42. The second-order valence-electron chi connectivity index (χ2n) is 4.42. The summed E-state index contributed by atoms with van der Waals surface area (Å²) in [4.78, 5) is 4.47. The fourth-order valence-electron chi connectivity index (χ4n) is 1.93. The smallest absolute Gasteiger partial charge is 0.111 e. The van der Waals surface area contributed by atoms with Crippen LogP contribution in [0.15, 0.2) is 12.4 Å². The maximum absolute atomic E-state index is 4.47. The van der Waals surface area contributed by atoms with E-state index in [4.69, 9.17) is 0 Å². The van der Waals surface area contributed by atoms with Crippen LogP contribution in [0.5, 0.6) is 0 Å². The Hall–Kier alpha value is -0.830. The summed E-state index contributed by atoms with van der Waals surface area (Å²) < 4.78 is 2.28. The normalized spacial score (nSPS) is 12.9. The maximum Gasteiger partial charge on any atom is 0.111 e. The Labute approximate surface area is 99.3 Å². The molecular formula is C13H25N3. The molecule has 1 atom stereocenters. The molecule has 0 radical (unpaired) electrons. The minimum atomic E-state index is 0.547. The lowest BCUT2D eigenvalue weighted by Gasteiger charge is -2.13. The monoisotopic (exact) mass is 223 g/mol. The van der Waals surface area contributed by atoms with Gasteiger partial charge in [0.2, 0.25) is 0 Å². The molecule has 0 spiro atoms. The van der Waals surface area contributed by atoms with Gasteiger partial charge in [-0.3, -0.25) is 0 Å². The molecule has 3 heteroatoms. The molecule has 0 fully saturated rings. The zero-order valence-electron chi connectivity index (χ0n) is 10.9. The largest absolute Gasteiger partial charge is 0.335 e. The van der Waals surface area contributed by atoms with Gasteiger partial charge in [-0.15, -0.1) is 0 Å². The van der Waals surface area contributed by atoms with E-state index >= 15 is 0 Å². The molecule has 1 rings (SSSR count). The van der Waals surface area contributed by atoms with Gasteiger partial charge in [0.15, 0.2) is 0 Å². The van der Waals surface area contributed by atoms with Crippen LogP contribution < -0.4 is 5.32 Å². The molecule has 0 bridgehead atoms. The second kappa shape index (κ2) is 7.44. The number of aromatic nitrogens is 2. The number of nitrogens with one attached hydrogen (secondary N) is 1. The topological polar surface area (TPSA) is 29.9 Å². The van der Waals surface area contributed by atoms with Crippen LogP contribution in [0.3, 0.4) is 0 Å². The molecule has 0 aromatic carbocycles. The van der Waals surface area contributed by atoms with E-state index in [0.29, 0.717) is 5.92 Å². The Bertz CT molecular complexity index is 280. The fourth-order valence-corrected chi connectivity index (χ4v) is 1.93. The summed E-state index contributed by atoms with van der Waals surface area (Å²) in [6.07, 6.45) is 7.56. The zero-order chi connectivity index (χ0) is 11.8. The standard InChI is InChI=1S/C13H25N3/c1-4-7-14-8-6-12(3)13-15-9-11-16(13)10-5-2/h9,11-12,14H,4-8,10H2,1-3H3. The van der Waals surface area contributed by atoms with Gasteiger partial charge in [0.05, 0.1) is 0 Å². The average Bonchev–Trinajstić information content (AvgIpc) is 2.73. The van der Waals surface area contributed by atoms with Crippen LogP contribution in [0.25, 0.3) is 0 Å². The zero-order valence-corrected chi connectivity index (χ0v) is 10.9. The lowest BCUT2D eigenvalue weighted by Crippen LogP contribution is -2.18. The van der Waals surface area contributed by atoms with Crippen molar-refractivity contribution >= 4 is 0 Å². The Morgan fingerprint density at radius 1 is 1.31 bits per heavy atom. The number of aryl methyl sites for hydroxylation is 1. The van der Waals surface area contributed by atoms with Crippen molar-refractivity contribution < 1.29 is 0 Å². The summed E-state index contributed by atoms with van der Waals surface area (Å²) in [5.41, 5.74) is 0. The van der Waals surface area contributed by atoms with E-state index in [0.717, 1.165) is 19.6 Å². The van der Waals surface area contributed by atoms with Crippen LogP contribution in [0, 0.1) is 0 Å². The van der Waals surface area contributed by atoms with E-state index in [2.05, 4.69) is 41.8 Å². The van der Waals surface area contributed by atoms with Crippen molar-refractivity contribution in [3.63, 3.8) is 0 Å². The van der Waals surface area contributed by atoms with Crippen molar-refractivity contribution in [3.05, 3.63) is 18.2 Å². The van der Waals surface area contributed by atoms with E-state index in [-0.39, 0.29) is 0 Å². The lowest BCUT2D eigenvalue weighted by atomic mass is 10.1. The Morgan fingerprint density at radius 2 is 2.12 bits per heavy atom. The molecule has 1 aromatic rings. The van der Waals surface area contributed by atoms with Gasteiger partial charge in [-0.1, -0.05) is 20.8 Å². The molecule has 0 aliphatic carbocycles. The van der Waals surface area contributed by atoms with Crippen LogP contribution in [0.4, 0.5) is 0 Å². The van der Waals surface area contributed by atoms with E-state index in [1.165, 1.54) is 25.1 Å². The van der Waals surface area contributed by atoms with Gasteiger partial charge in [-0.25, -0.2) is 4.98 Å². The van der Waals surface area contributed by atoms with E-state index in [9.17, 15) is 0 Å². The van der Waals surface area contributed by atoms with Crippen molar-refractivity contribution in [2.45, 2.75) is 52.5 Å². The number of hydrogen-bond acceptors (Lipinski definition) is 2. The SMILES string of the molecule is CCCNCCC(C)c1nccn1CCC. The minimum absolute atomic E-state index is 0.547. The number of hydrogen-bond donors (Lipinski definition) is 1. The summed E-state index contributed by atoms with van der Waals surface area (Å²) in [7, 11) is 0. The van der Waals surface area contributed by atoms with E-state index < -0.39 is 0 Å². The maximum atomic E-state index is 4.47. The van der Waals surface area contributed by atoms with Crippen molar-refractivity contribution in [1.82, 2.24) is 14.9 Å². The van der Waals surface area contributed by atoms with Crippen molar-refractivity contribution in [2.75, 3.05) is 13.1 Å². The first kappa shape index (κ1) is 13.2. The molecule has 1 heterocycles. The van der Waals surface area contributed by atoms with E-state index in [1.54, 1.807) is 0 Å². The van der Waals surface area contributed by atoms with Gasteiger partial charge in [-0.2, -0.15) is 0 Å². The van der Waals surface area contributed by atoms with Crippen LogP contribution in [-0.4, -0.2) is 22.6 Å². The van der Waals surface area contributed by atoms with Gasteiger partial charge in [0, 0.05) is 24.9 Å². The summed E-state index contributed by atoms with van der Waals surface area (Å²) in [5.74, 6) is 1.78. The van der Waals surface area contributed by atoms with Crippen LogP contribution in [0.1, 0.15) is 51.8 Å². The van der Waals surface area contributed by atoms with Crippen LogP contribution >= 0.6 is 0 Å². The molecule has 16 heavy (non-hydrogen) atoms. The predicted octanol–water partition coefficient (Wildman–Crippen LogP) is 2.79. The Balaban J connectivity index is 2.39. The van der Waals surface area contributed by atoms with E-state index in [1.807, 2.05) is 6.20 Å². The summed E-state index contributed by atoms with van der Waals surface area (Å²) >= 11 is 0. The van der Waals surface area contributed by atoms with Gasteiger partial charge >= 0.3 is 0 Å². The Kier molecular flexibility index (Phi) is 6.16. The van der Waals surface area contributed by atoms with Crippen molar-refractivity contribution in [2.24, 2.45) is 0 Å². The molecule has 0 saturated heterocycles. The molecule has 3 nitrogen and oxygen atoms in total. The molecule has 1 aromatic heterocycles. The summed E-state index contributed by atoms with van der Waals surface area (Å²) in [6, 6.07) is 0. The molecule has 0 saturated carbocycles. The highest BCUT2D eigenvalue weighted by molar-refractivity contribution is 4.99. The van der Waals surface area contributed by atoms with Gasteiger partial charge in [-0.05, 0) is 32.4 Å². The summed E-state index contributed by atoms with van der Waals surface area (Å²) in [6.45, 7) is 9.97. The average molecular weight is 223 g/mol. The third kappa shape index (κ3) is 3.97. The highest BCUT2D eigenvalue weighted by Gasteiger charge is 2.10.